The molecule has 0 amide bonds. The Hall–Kier alpha value is -1.39. The lowest BCUT2D eigenvalue weighted by molar-refractivity contribution is 0.200. The van der Waals surface area contributed by atoms with Gasteiger partial charge in [-0.15, -0.1) is 6.58 Å². The largest absolute Gasteiger partial charge is 0.389 e. The third kappa shape index (κ3) is 3.64. The maximum absolute atomic E-state index is 9.57. The summed E-state index contributed by atoms with van der Waals surface area (Å²) in [7, 11) is 0. The minimum atomic E-state index is -0.522. The number of aliphatic hydroxyl groups excluding tert-OH is 1. The molecule has 0 heterocycles. The summed E-state index contributed by atoms with van der Waals surface area (Å²) in [4.78, 5) is 0. The molecule has 86 valence electrons. The van der Waals surface area contributed by atoms with Gasteiger partial charge in [-0.2, -0.15) is 0 Å². The van der Waals surface area contributed by atoms with Gasteiger partial charge in [0.05, 0.1) is 6.10 Å². The standard InChI is InChI=1S/C12H16N2OS/c1-3-8-13-12(16)14-11-7-5-4-6-10(11)9(2)15/h3-7,9,15H,1,8H2,2H3,(H2,13,14,16)/t9-/m0/s1. The summed E-state index contributed by atoms with van der Waals surface area (Å²) in [6.07, 6.45) is 1.21. The molecule has 0 unspecified atom stereocenters. The van der Waals surface area contributed by atoms with Crippen molar-refractivity contribution < 1.29 is 5.11 Å². The fourth-order valence-corrected chi connectivity index (χ4v) is 1.50. The summed E-state index contributed by atoms with van der Waals surface area (Å²) < 4.78 is 0. The Morgan fingerprint density at radius 3 is 2.88 bits per heavy atom. The van der Waals surface area contributed by atoms with E-state index in [1.165, 1.54) is 0 Å². The number of benzene rings is 1. The fourth-order valence-electron chi connectivity index (χ4n) is 1.31. The number of nitrogens with one attached hydrogen (secondary N) is 2. The van der Waals surface area contributed by atoms with E-state index in [1.807, 2.05) is 24.3 Å². The Labute approximate surface area is 101 Å². The van der Waals surface area contributed by atoms with Gasteiger partial charge >= 0.3 is 0 Å². The highest BCUT2D eigenvalue weighted by atomic mass is 32.1. The predicted octanol–water partition coefficient (Wildman–Crippen LogP) is 2.21. The third-order valence-corrected chi connectivity index (χ3v) is 2.31. The van der Waals surface area contributed by atoms with Crippen LogP contribution in [0.25, 0.3) is 0 Å². The first-order valence-corrected chi connectivity index (χ1v) is 5.48. The van der Waals surface area contributed by atoms with Crippen LogP contribution in [0.3, 0.4) is 0 Å². The van der Waals surface area contributed by atoms with Crippen molar-refractivity contribution in [2.45, 2.75) is 13.0 Å². The van der Waals surface area contributed by atoms with Gasteiger partial charge in [0.2, 0.25) is 0 Å². The van der Waals surface area contributed by atoms with Crippen molar-refractivity contribution in [1.29, 1.82) is 0 Å². The minimum Gasteiger partial charge on any atom is -0.389 e. The Kier molecular flexibility index (Phi) is 4.95. The average molecular weight is 236 g/mol. The van der Waals surface area contributed by atoms with Gasteiger partial charge in [-0.25, -0.2) is 0 Å². The topological polar surface area (TPSA) is 44.3 Å². The Morgan fingerprint density at radius 1 is 1.56 bits per heavy atom. The van der Waals surface area contributed by atoms with E-state index >= 15 is 0 Å². The molecule has 3 N–H and O–H groups in total. The first kappa shape index (κ1) is 12.7. The maximum Gasteiger partial charge on any atom is 0.171 e. The minimum absolute atomic E-state index is 0.521. The lowest BCUT2D eigenvalue weighted by atomic mass is 10.1. The van der Waals surface area contributed by atoms with Gasteiger partial charge in [0.25, 0.3) is 0 Å². The molecule has 0 saturated carbocycles. The van der Waals surface area contributed by atoms with E-state index in [2.05, 4.69) is 17.2 Å². The van der Waals surface area contributed by atoms with Gasteiger partial charge in [-0.1, -0.05) is 24.3 Å². The quantitative estimate of drug-likeness (QED) is 0.554. The van der Waals surface area contributed by atoms with Gasteiger partial charge in [0.15, 0.2) is 5.11 Å². The molecule has 1 rings (SSSR count). The predicted molar refractivity (Wildman–Crippen MR) is 71.5 cm³/mol. The van der Waals surface area contributed by atoms with Crippen LogP contribution in [0.4, 0.5) is 5.69 Å². The van der Waals surface area contributed by atoms with E-state index in [0.717, 1.165) is 11.3 Å². The van der Waals surface area contributed by atoms with Crippen LogP contribution in [-0.2, 0) is 0 Å². The van der Waals surface area contributed by atoms with Gasteiger partial charge in [0.1, 0.15) is 0 Å². The molecule has 0 aromatic heterocycles. The normalized spacial score (nSPS) is 11.6. The molecule has 0 saturated heterocycles. The molecule has 0 spiro atoms. The molecule has 0 aliphatic rings. The van der Waals surface area contributed by atoms with Gasteiger partial charge in [-0.3, -0.25) is 0 Å². The second kappa shape index (κ2) is 6.25. The van der Waals surface area contributed by atoms with Crippen molar-refractivity contribution in [3.05, 3.63) is 42.5 Å². The molecule has 16 heavy (non-hydrogen) atoms. The van der Waals surface area contributed by atoms with Crippen molar-refractivity contribution in [1.82, 2.24) is 5.32 Å². The van der Waals surface area contributed by atoms with Crippen LogP contribution < -0.4 is 10.6 Å². The van der Waals surface area contributed by atoms with Crippen molar-refractivity contribution >= 4 is 23.0 Å². The molecule has 0 radical (unpaired) electrons. The monoisotopic (exact) mass is 236 g/mol. The first-order valence-electron chi connectivity index (χ1n) is 5.08. The number of thiocarbonyl (C=S) groups is 1. The Morgan fingerprint density at radius 2 is 2.25 bits per heavy atom. The number of hydrogen-bond donors (Lipinski definition) is 3. The Balaban J connectivity index is 2.72. The van der Waals surface area contributed by atoms with Crippen LogP contribution >= 0.6 is 12.2 Å². The molecule has 1 atom stereocenters. The van der Waals surface area contributed by atoms with Crippen molar-refractivity contribution in [3.63, 3.8) is 0 Å². The zero-order valence-electron chi connectivity index (χ0n) is 9.23. The molecule has 1 aromatic carbocycles. The molecule has 0 aliphatic carbocycles. The summed E-state index contributed by atoms with van der Waals surface area (Å²) in [5, 5.41) is 16.1. The lowest BCUT2D eigenvalue weighted by Crippen LogP contribution is -2.28. The maximum atomic E-state index is 9.57. The number of anilines is 1. The van der Waals surface area contributed by atoms with Crippen LogP contribution in [0.15, 0.2) is 36.9 Å². The molecular weight excluding hydrogens is 220 g/mol. The number of rotatable bonds is 4. The summed E-state index contributed by atoms with van der Waals surface area (Å²) in [6.45, 7) is 5.93. The second-order valence-electron chi connectivity index (χ2n) is 3.39. The molecule has 0 bridgehead atoms. The fraction of sp³-hybridized carbons (Fsp3) is 0.250. The highest BCUT2D eigenvalue weighted by molar-refractivity contribution is 7.80. The SMILES string of the molecule is C=CCNC(=S)Nc1ccccc1[C@H](C)O. The van der Waals surface area contributed by atoms with Crippen molar-refractivity contribution in [3.8, 4) is 0 Å². The third-order valence-electron chi connectivity index (χ3n) is 2.07. The summed E-state index contributed by atoms with van der Waals surface area (Å²) in [6, 6.07) is 7.52. The highest BCUT2D eigenvalue weighted by Crippen LogP contribution is 2.21. The Bertz CT molecular complexity index is 377. The summed E-state index contributed by atoms with van der Waals surface area (Å²) >= 11 is 5.10. The van der Waals surface area contributed by atoms with Crippen LogP contribution in [0.1, 0.15) is 18.6 Å². The molecule has 0 fully saturated rings. The van der Waals surface area contributed by atoms with Gasteiger partial charge < -0.3 is 15.7 Å². The van der Waals surface area contributed by atoms with E-state index in [-0.39, 0.29) is 0 Å². The van der Waals surface area contributed by atoms with E-state index in [0.29, 0.717) is 11.7 Å². The molecule has 1 aromatic rings. The van der Waals surface area contributed by atoms with Crippen LogP contribution in [0.5, 0.6) is 0 Å². The number of aliphatic hydroxyl groups is 1. The smallest absolute Gasteiger partial charge is 0.171 e. The van der Waals surface area contributed by atoms with Crippen molar-refractivity contribution in [2.24, 2.45) is 0 Å². The lowest BCUT2D eigenvalue weighted by Gasteiger charge is -2.14. The first-order chi connectivity index (χ1) is 7.65. The van der Waals surface area contributed by atoms with E-state index in [1.54, 1.807) is 13.0 Å². The number of hydrogen-bond acceptors (Lipinski definition) is 2. The molecule has 0 aliphatic heterocycles. The zero-order valence-corrected chi connectivity index (χ0v) is 10.1. The second-order valence-corrected chi connectivity index (χ2v) is 3.80. The molecule has 3 nitrogen and oxygen atoms in total. The van der Waals surface area contributed by atoms with Crippen LogP contribution in [-0.4, -0.2) is 16.8 Å². The van der Waals surface area contributed by atoms with E-state index < -0.39 is 6.10 Å². The van der Waals surface area contributed by atoms with Crippen LogP contribution in [0, 0.1) is 0 Å². The number of para-hydroxylation sites is 1. The highest BCUT2D eigenvalue weighted by Gasteiger charge is 2.07. The van der Waals surface area contributed by atoms with Gasteiger partial charge in [0, 0.05) is 17.8 Å². The molecular formula is C12H16N2OS. The van der Waals surface area contributed by atoms with E-state index in [9.17, 15) is 5.11 Å². The summed E-state index contributed by atoms with van der Waals surface area (Å²) in [5.41, 5.74) is 1.64. The van der Waals surface area contributed by atoms with E-state index in [4.69, 9.17) is 12.2 Å². The zero-order chi connectivity index (χ0) is 12.0. The van der Waals surface area contributed by atoms with Crippen molar-refractivity contribution in [2.75, 3.05) is 11.9 Å². The van der Waals surface area contributed by atoms with Gasteiger partial charge in [-0.05, 0) is 25.2 Å². The molecule has 4 heteroatoms. The van der Waals surface area contributed by atoms with Crippen LogP contribution in [0.2, 0.25) is 0 Å². The average Bonchev–Trinajstić information content (AvgIpc) is 2.27. The summed E-state index contributed by atoms with van der Waals surface area (Å²) in [5.74, 6) is 0.